The number of rotatable bonds is 5. The Morgan fingerprint density at radius 2 is 1.38 bits per heavy atom. The molecule has 0 atom stereocenters. The second-order valence-electron chi connectivity index (χ2n) is 12.7. The van der Waals surface area contributed by atoms with Crippen molar-refractivity contribution in [3.05, 3.63) is 150 Å². The van der Waals surface area contributed by atoms with Crippen LogP contribution in [0.4, 0.5) is 17.1 Å². The Kier molecular flexibility index (Phi) is 6.28. The summed E-state index contributed by atoms with van der Waals surface area (Å²) in [6.07, 6.45) is 1.94. The number of fused-ring (bicyclic) bond motifs is 4. The fraction of sp³-hybridized carbons (Fsp3) is 0.146. The van der Waals surface area contributed by atoms with Gasteiger partial charge < -0.3 is 9.80 Å². The first-order valence-corrected chi connectivity index (χ1v) is 15.6. The molecule has 0 amide bonds. The molecule has 0 fully saturated rings. The number of para-hydroxylation sites is 3. The lowest BCUT2D eigenvalue weighted by molar-refractivity contribution is 0.641. The second-order valence-corrected chi connectivity index (χ2v) is 12.7. The highest BCUT2D eigenvalue weighted by Gasteiger charge is 2.28. The van der Waals surface area contributed by atoms with Gasteiger partial charge in [-0.2, -0.15) is 0 Å². The zero-order valence-corrected chi connectivity index (χ0v) is 26.2. The van der Waals surface area contributed by atoms with Crippen molar-refractivity contribution in [2.45, 2.75) is 26.2 Å². The minimum Gasteiger partial charge on any atom is -0.355 e. The molecule has 45 heavy (non-hydrogen) atoms. The topological polar surface area (TPSA) is 24.3 Å². The summed E-state index contributed by atoms with van der Waals surface area (Å²) in [6, 6.07) is 46.2. The van der Waals surface area contributed by atoms with Gasteiger partial charge in [0.1, 0.15) is 5.82 Å². The van der Waals surface area contributed by atoms with Gasteiger partial charge in [0.05, 0.1) is 29.1 Å². The third-order valence-electron chi connectivity index (χ3n) is 9.64. The van der Waals surface area contributed by atoms with Gasteiger partial charge in [-0.25, -0.2) is 4.98 Å². The number of nitrogens with zero attached hydrogens (tertiary/aromatic N) is 4. The molecule has 220 valence electrons. The van der Waals surface area contributed by atoms with Crippen LogP contribution in [-0.4, -0.2) is 23.3 Å². The van der Waals surface area contributed by atoms with Gasteiger partial charge in [-0.3, -0.25) is 4.57 Å². The Labute approximate surface area is 264 Å². The van der Waals surface area contributed by atoms with E-state index in [0.29, 0.717) is 0 Å². The number of hydrogen-bond donors (Lipinski definition) is 0. The molecule has 5 aromatic carbocycles. The van der Waals surface area contributed by atoms with E-state index in [2.05, 4.69) is 170 Å². The highest BCUT2D eigenvalue weighted by atomic mass is 15.4. The number of pyridine rings is 1. The van der Waals surface area contributed by atoms with E-state index in [1.54, 1.807) is 0 Å². The molecule has 1 aliphatic rings. The Balaban J connectivity index is 1.25. The van der Waals surface area contributed by atoms with Crippen molar-refractivity contribution < 1.29 is 0 Å². The molecule has 4 heteroatoms. The zero-order valence-electron chi connectivity index (χ0n) is 26.2. The Morgan fingerprint density at radius 3 is 2.24 bits per heavy atom. The van der Waals surface area contributed by atoms with E-state index in [9.17, 15) is 0 Å². The number of aryl methyl sites for hydroxylation is 1. The number of aromatic nitrogens is 2. The molecular formula is C41H36N4. The fourth-order valence-corrected chi connectivity index (χ4v) is 7.04. The van der Waals surface area contributed by atoms with Gasteiger partial charge >= 0.3 is 0 Å². The maximum atomic E-state index is 4.92. The van der Waals surface area contributed by atoms with Crippen molar-refractivity contribution >= 4 is 38.9 Å². The van der Waals surface area contributed by atoms with E-state index in [4.69, 9.17) is 4.98 Å². The maximum absolute atomic E-state index is 4.92. The molecule has 0 saturated carbocycles. The summed E-state index contributed by atoms with van der Waals surface area (Å²) in [7, 11) is 2.16. The Morgan fingerprint density at radius 1 is 0.644 bits per heavy atom. The highest BCUT2D eigenvalue weighted by molar-refractivity contribution is 6.09. The minimum atomic E-state index is -0.229. The molecule has 4 nitrogen and oxygen atoms in total. The van der Waals surface area contributed by atoms with Gasteiger partial charge in [0, 0.05) is 35.1 Å². The molecule has 1 aliphatic heterocycles. The first-order valence-electron chi connectivity index (χ1n) is 15.6. The third-order valence-corrected chi connectivity index (χ3v) is 9.64. The monoisotopic (exact) mass is 584 g/mol. The molecule has 3 heterocycles. The van der Waals surface area contributed by atoms with Crippen molar-refractivity contribution in [2.24, 2.45) is 0 Å². The van der Waals surface area contributed by atoms with Crippen molar-refractivity contribution in [3.63, 3.8) is 0 Å². The Hall–Kier alpha value is -5.35. The van der Waals surface area contributed by atoms with Crippen LogP contribution in [-0.2, 0) is 5.41 Å². The molecule has 0 spiro atoms. The largest absolute Gasteiger partial charge is 0.355 e. The average Bonchev–Trinajstić information content (AvgIpc) is 3.59. The van der Waals surface area contributed by atoms with E-state index >= 15 is 0 Å². The first kappa shape index (κ1) is 27.2. The zero-order chi connectivity index (χ0) is 30.7. The van der Waals surface area contributed by atoms with Gasteiger partial charge in [0.2, 0.25) is 0 Å². The van der Waals surface area contributed by atoms with Crippen LogP contribution in [0.1, 0.15) is 30.5 Å². The normalized spacial score (nSPS) is 13.2. The lowest BCUT2D eigenvalue weighted by Gasteiger charge is -2.28. The van der Waals surface area contributed by atoms with Gasteiger partial charge in [-0.1, -0.05) is 92.7 Å². The second kappa shape index (κ2) is 10.4. The average molecular weight is 585 g/mol. The number of benzene rings is 5. The van der Waals surface area contributed by atoms with Gasteiger partial charge in [-0.15, -0.1) is 0 Å². The molecule has 0 bridgehead atoms. The van der Waals surface area contributed by atoms with E-state index < -0.39 is 0 Å². The molecule has 8 rings (SSSR count). The van der Waals surface area contributed by atoms with Crippen molar-refractivity contribution in [2.75, 3.05) is 23.5 Å². The summed E-state index contributed by atoms with van der Waals surface area (Å²) >= 11 is 0. The first-order chi connectivity index (χ1) is 21.9. The lowest BCUT2D eigenvalue weighted by atomic mass is 9.77. The summed E-state index contributed by atoms with van der Waals surface area (Å²) in [5.74, 6) is 0.927. The van der Waals surface area contributed by atoms with Crippen LogP contribution in [0.2, 0.25) is 0 Å². The Bertz CT molecular complexity index is 2220. The molecule has 0 saturated heterocycles. The number of hydrogen-bond acceptors (Lipinski definition) is 3. The summed E-state index contributed by atoms with van der Waals surface area (Å²) in [5, 5.41) is 2.47. The minimum absolute atomic E-state index is 0.229. The van der Waals surface area contributed by atoms with Gasteiger partial charge in [0.25, 0.3) is 0 Å². The fourth-order valence-electron chi connectivity index (χ4n) is 7.04. The lowest BCUT2D eigenvalue weighted by Crippen LogP contribution is -2.25. The van der Waals surface area contributed by atoms with E-state index in [-0.39, 0.29) is 5.41 Å². The van der Waals surface area contributed by atoms with E-state index in [0.717, 1.165) is 18.0 Å². The summed E-state index contributed by atoms with van der Waals surface area (Å²) in [5.41, 5.74) is 12.0. The van der Waals surface area contributed by atoms with Crippen LogP contribution >= 0.6 is 0 Å². The standard InChI is InChI=1S/C41H36N4/c1-28-12-5-6-15-33(28)29-22-23-42-40(24-29)45-36-17-8-7-16-34(36)35-21-20-31(26-39(35)45)41(2,3)30-13-11-14-32(25-30)44-27-43(4)37-18-9-10-19-38(37)44/h5-26H,27H2,1-4H3. The van der Waals surface area contributed by atoms with Crippen LogP contribution < -0.4 is 9.80 Å². The molecule has 2 aromatic heterocycles. The van der Waals surface area contributed by atoms with Gasteiger partial charge in [0.15, 0.2) is 0 Å². The SMILES string of the molecule is Cc1ccccc1-c1ccnc(-n2c3ccccc3c3ccc(C(C)(C)c4cccc(N5CN(C)c6ccccc65)c4)cc32)c1. The van der Waals surface area contributed by atoms with Crippen molar-refractivity contribution in [1.29, 1.82) is 0 Å². The quantitative estimate of drug-likeness (QED) is 0.201. The summed E-state index contributed by atoms with van der Waals surface area (Å²) in [4.78, 5) is 9.63. The predicted molar refractivity (Wildman–Crippen MR) is 189 cm³/mol. The summed E-state index contributed by atoms with van der Waals surface area (Å²) in [6.45, 7) is 7.67. The van der Waals surface area contributed by atoms with Crippen LogP contribution in [0.5, 0.6) is 0 Å². The van der Waals surface area contributed by atoms with E-state index in [1.165, 1.54) is 61.2 Å². The van der Waals surface area contributed by atoms with Crippen LogP contribution in [0.3, 0.4) is 0 Å². The smallest absolute Gasteiger partial charge is 0.138 e. The molecule has 7 aromatic rings. The molecule has 0 radical (unpaired) electrons. The molecule has 0 N–H and O–H groups in total. The molecule has 0 aliphatic carbocycles. The summed E-state index contributed by atoms with van der Waals surface area (Å²) < 4.78 is 2.33. The van der Waals surface area contributed by atoms with E-state index in [1.807, 2.05) is 6.20 Å². The third kappa shape index (κ3) is 4.40. The van der Waals surface area contributed by atoms with Gasteiger partial charge in [-0.05, 0) is 83.3 Å². The predicted octanol–water partition coefficient (Wildman–Crippen LogP) is 10.0. The maximum Gasteiger partial charge on any atom is 0.138 e. The van der Waals surface area contributed by atoms with Crippen molar-refractivity contribution in [1.82, 2.24) is 9.55 Å². The van der Waals surface area contributed by atoms with Crippen LogP contribution in [0.25, 0.3) is 38.8 Å². The molecule has 0 unspecified atom stereocenters. The van der Waals surface area contributed by atoms with Crippen LogP contribution in [0.15, 0.2) is 134 Å². The highest BCUT2D eigenvalue weighted by Crippen LogP contribution is 2.42. The van der Waals surface area contributed by atoms with Crippen molar-refractivity contribution in [3.8, 4) is 16.9 Å². The molecular weight excluding hydrogens is 548 g/mol. The number of anilines is 3. The van der Waals surface area contributed by atoms with Crippen LogP contribution in [0, 0.1) is 6.92 Å².